The first-order valence-electron chi connectivity index (χ1n) is 5.66. The molecule has 0 saturated heterocycles. The summed E-state index contributed by atoms with van der Waals surface area (Å²) in [5, 5.41) is 0. The van der Waals surface area contributed by atoms with E-state index >= 15 is 0 Å². The van der Waals surface area contributed by atoms with Gasteiger partial charge in [0.2, 0.25) is 0 Å². The van der Waals surface area contributed by atoms with E-state index in [-0.39, 0.29) is 0 Å². The molecule has 1 fully saturated rings. The summed E-state index contributed by atoms with van der Waals surface area (Å²) in [7, 11) is 0. The van der Waals surface area contributed by atoms with Gasteiger partial charge in [0.15, 0.2) is 0 Å². The highest BCUT2D eigenvalue weighted by molar-refractivity contribution is 5.13. The van der Waals surface area contributed by atoms with Crippen LogP contribution >= 0.6 is 0 Å². The second-order valence-corrected chi connectivity index (χ2v) is 4.55. The van der Waals surface area contributed by atoms with Crippen molar-refractivity contribution in [2.24, 2.45) is 23.7 Å². The van der Waals surface area contributed by atoms with E-state index in [0.717, 1.165) is 23.7 Å². The minimum atomic E-state index is 0.912. The fourth-order valence-electron chi connectivity index (χ4n) is 3.37. The first kappa shape index (κ1) is 9.05. The molecule has 2 aliphatic rings. The topological polar surface area (TPSA) is 0 Å². The molecule has 2 rings (SSSR count). The first-order valence-corrected chi connectivity index (χ1v) is 5.66. The Morgan fingerprint density at radius 2 is 2.00 bits per heavy atom. The Bertz CT molecular complexity index is 214. The summed E-state index contributed by atoms with van der Waals surface area (Å²) < 4.78 is 0. The maximum absolute atomic E-state index is 3.82. The second-order valence-electron chi connectivity index (χ2n) is 4.55. The Hall–Kier alpha value is -0.520. The Kier molecular flexibility index (Phi) is 2.57. The smallest absolute Gasteiger partial charge is 0.0196 e. The average molecular weight is 176 g/mol. The van der Waals surface area contributed by atoms with E-state index in [1.807, 2.05) is 0 Å². The lowest BCUT2D eigenvalue weighted by atomic mass is 9.79. The maximum Gasteiger partial charge on any atom is -0.0196 e. The summed E-state index contributed by atoms with van der Waals surface area (Å²) in [5.41, 5.74) is 0. The Labute approximate surface area is 81.7 Å². The summed E-state index contributed by atoms with van der Waals surface area (Å²) in [6.45, 7) is 6.16. The molecule has 2 bridgehead atoms. The molecule has 2 aliphatic carbocycles. The van der Waals surface area contributed by atoms with Crippen molar-refractivity contribution in [2.75, 3.05) is 0 Å². The van der Waals surface area contributed by atoms with Crippen molar-refractivity contribution in [3.63, 3.8) is 0 Å². The molecule has 4 unspecified atom stereocenters. The van der Waals surface area contributed by atoms with Gasteiger partial charge >= 0.3 is 0 Å². The number of hydrogen-bond donors (Lipinski definition) is 0. The molecule has 0 aliphatic heterocycles. The van der Waals surface area contributed by atoms with Crippen LogP contribution in [0, 0.1) is 23.7 Å². The molecule has 0 spiro atoms. The second kappa shape index (κ2) is 3.69. The van der Waals surface area contributed by atoms with Crippen LogP contribution in [0.3, 0.4) is 0 Å². The predicted octanol–water partition coefficient (Wildman–Crippen LogP) is 3.80. The van der Waals surface area contributed by atoms with Gasteiger partial charge in [0.25, 0.3) is 0 Å². The van der Waals surface area contributed by atoms with Crippen LogP contribution in [0.15, 0.2) is 24.8 Å². The van der Waals surface area contributed by atoms with E-state index in [9.17, 15) is 0 Å². The van der Waals surface area contributed by atoms with Gasteiger partial charge in [-0.1, -0.05) is 31.6 Å². The standard InChI is InChI=1S/C13H20/c1-3-5-6-13-11-8-7-10(9-11)12(13)4-2/h3,7-8,10-13H,1,4-6,9H2,2H3. The fourth-order valence-corrected chi connectivity index (χ4v) is 3.37. The summed E-state index contributed by atoms with van der Waals surface area (Å²) in [5.74, 6) is 3.78. The van der Waals surface area contributed by atoms with Gasteiger partial charge in [0, 0.05) is 0 Å². The zero-order chi connectivity index (χ0) is 9.26. The number of rotatable bonds is 4. The third-order valence-corrected chi connectivity index (χ3v) is 3.98. The molecule has 0 aromatic carbocycles. The summed E-state index contributed by atoms with van der Waals surface area (Å²) in [6.07, 6.45) is 12.4. The van der Waals surface area contributed by atoms with Crippen molar-refractivity contribution in [3.8, 4) is 0 Å². The molecule has 13 heavy (non-hydrogen) atoms. The van der Waals surface area contributed by atoms with Gasteiger partial charge in [-0.2, -0.15) is 0 Å². The zero-order valence-corrected chi connectivity index (χ0v) is 8.58. The minimum Gasteiger partial charge on any atom is -0.103 e. The van der Waals surface area contributed by atoms with Crippen molar-refractivity contribution in [1.82, 2.24) is 0 Å². The molecule has 0 amide bonds. The van der Waals surface area contributed by atoms with Crippen LogP contribution in [0.4, 0.5) is 0 Å². The van der Waals surface area contributed by atoms with Gasteiger partial charge in [-0.3, -0.25) is 0 Å². The quantitative estimate of drug-likeness (QED) is 0.571. The lowest BCUT2D eigenvalue weighted by Gasteiger charge is -2.26. The Morgan fingerprint density at radius 3 is 2.62 bits per heavy atom. The van der Waals surface area contributed by atoms with Gasteiger partial charge in [-0.15, -0.1) is 6.58 Å². The highest BCUT2D eigenvalue weighted by Crippen LogP contribution is 2.50. The van der Waals surface area contributed by atoms with Crippen molar-refractivity contribution >= 4 is 0 Å². The van der Waals surface area contributed by atoms with E-state index in [1.165, 1.54) is 25.7 Å². The van der Waals surface area contributed by atoms with Gasteiger partial charge in [0.05, 0.1) is 0 Å². The van der Waals surface area contributed by atoms with E-state index in [1.54, 1.807) is 0 Å². The minimum absolute atomic E-state index is 0.912. The van der Waals surface area contributed by atoms with Crippen LogP contribution in [0.5, 0.6) is 0 Å². The normalized spacial score (nSPS) is 41.3. The molecule has 0 aromatic rings. The van der Waals surface area contributed by atoms with Crippen molar-refractivity contribution in [1.29, 1.82) is 0 Å². The zero-order valence-electron chi connectivity index (χ0n) is 8.58. The summed E-state index contributed by atoms with van der Waals surface area (Å²) >= 11 is 0. The lowest BCUT2D eigenvalue weighted by molar-refractivity contribution is 0.285. The van der Waals surface area contributed by atoms with E-state index in [4.69, 9.17) is 0 Å². The fraction of sp³-hybridized carbons (Fsp3) is 0.692. The van der Waals surface area contributed by atoms with E-state index < -0.39 is 0 Å². The largest absolute Gasteiger partial charge is 0.103 e. The van der Waals surface area contributed by atoms with Crippen molar-refractivity contribution < 1.29 is 0 Å². The highest BCUT2D eigenvalue weighted by Gasteiger charge is 2.42. The van der Waals surface area contributed by atoms with Crippen LogP contribution in [-0.2, 0) is 0 Å². The number of fused-ring (bicyclic) bond motifs is 2. The summed E-state index contributed by atoms with van der Waals surface area (Å²) in [4.78, 5) is 0. The van der Waals surface area contributed by atoms with Gasteiger partial charge < -0.3 is 0 Å². The number of hydrogen-bond acceptors (Lipinski definition) is 0. The Morgan fingerprint density at radius 1 is 1.31 bits per heavy atom. The molecule has 0 N–H and O–H groups in total. The molecule has 0 aromatic heterocycles. The van der Waals surface area contributed by atoms with Crippen LogP contribution in [-0.4, -0.2) is 0 Å². The van der Waals surface area contributed by atoms with Crippen LogP contribution < -0.4 is 0 Å². The SMILES string of the molecule is C=CCCC1C2C=CC(C2)C1CC. The third-order valence-electron chi connectivity index (χ3n) is 3.98. The summed E-state index contributed by atoms with van der Waals surface area (Å²) in [6, 6.07) is 0. The van der Waals surface area contributed by atoms with Gasteiger partial charge in [-0.25, -0.2) is 0 Å². The van der Waals surface area contributed by atoms with Gasteiger partial charge in [0.1, 0.15) is 0 Å². The molecule has 4 atom stereocenters. The van der Waals surface area contributed by atoms with E-state index in [2.05, 4.69) is 31.7 Å². The molecule has 0 heterocycles. The molecular weight excluding hydrogens is 156 g/mol. The lowest BCUT2D eigenvalue weighted by Crippen LogP contribution is -2.18. The first-order chi connectivity index (χ1) is 6.36. The maximum atomic E-state index is 3.82. The molecule has 0 radical (unpaired) electrons. The highest BCUT2D eigenvalue weighted by atomic mass is 14.5. The van der Waals surface area contributed by atoms with Crippen molar-refractivity contribution in [3.05, 3.63) is 24.8 Å². The Balaban J connectivity index is 2.00. The molecule has 0 nitrogen and oxygen atoms in total. The molecule has 0 heteroatoms. The molecule has 1 saturated carbocycles. The van der Waals surface area contributed by atoms with Crippen LogP contribution in [0.2, 0.25) is 0 Å². The average Bonchev–Trinajstić information content (AvgIpc) is 2.73. The van der Waals surface area contributed by atoms with Gasteiger partial charge in [-0.05, 0) is 42.9 Å². The van der Waals surface area contributed by atoms with Crippen molar-refractivity contribution in [2.45, 2.75) is 32.6 Å². The molecular formula is C13H20. The van der Waals surface area contributed by atoms with Crippen LogP contribution in [0.25, 0.3) is 0 Å². The third kappa shape index (κ3) is 1.47. The predicted molar refractivity (Wildman–Crippen MR) is 57.4 cm³/mol. The number of allylic oxidation sites excluding steroid dienone is 3. The van der Waals surface area contributed by atoms with Crippen LogP contribution in [0.1, 0.15) is 32.6 Å². The monoisotopic (exact) mass is 176 g/mol. The van der Waals surface area contributed by atoms with E-state index in [0.29, 0.717) is 0 Å². The molecule has 72 valence electrons.